The fraction of sp³-hybridized carbons (Fsp3) is 0.538. The Morgan fingerprint density at radius 2 is 2.22 bits per heavy atom. The number of ether oxygens (including phenoxy) is 2. The number of benzene rings is 1. The number of thioether (sulfide) groups is 1. The molecule has 0 fully saturated rings. The molecule has 2 rings (SSSR count). The zero-order valence-electron chi connectivity index (χ0n) is 10.5. The number of hydrogen-bond acceptors (Lipinski definition) is 5. The molecule has 0 radical (unpaired) electrons. The van der Waals surface area contributed by atoms with Crippen LogP contribution in [0.3, 0.4) is 0 Å². The molecule has 18 heavy (non-hydrogen) atoms. The standard InChI is InChI=1S/C13H19NO3S/c1-14-8-13(18-6-2-5-15)10-3-4-11-12(7-10)17-9-16-11/h3-4,7,13-15H,2,5-6,8-9H2,1H3. The van der Waals surface area contributed by atoms with Gasteiger partial charge in [0, 0.05) is 18.4 Å². The predicted molar refractivity (Wildman–Crippen MR) is 73.4 cm³/mol. The Kier molecular flexibility index (Phi) is 5.16. The van der Waals surface area contributed by atoms with Gasteiger partial charge >= 0.3 is 0 Å². The van der Waals surface area contributed by atoms with Crippen LogP contribution >= 0.6 is 11.8 Å². The van der Waals surface area contributed by atoms with E-state index in [9.17, 15) is 0 Å². The van der Waals surface area contributed by atoms with E-state index in [0.29, 0.717) is 12.0 Å². The molecular formula is C13H19NO3S. The van der Waals surface area contributed by atoms with Gasteiger partial charge in [-0.3, -0.25) is 0 Å². The van der Waals surface area contributed by atoms with E-state index in [1.54, 1.807) is 0 Å². The smallest absolute Gasteiger partial charge is 0.231 e. The third kappa shape index (κ3) is 3.31. The molecule has 1 aromatic rings. The van der Waals surface area contributed by atoms with Crippen molar-refractivity contribution in [1.82, 2.24) is 5.32 Å². The van der Waals surface area contributed by atoms with Crippen LogP contribution < -0.4 is 14.8 Å². The number of nitrogens with one attached hydrogen (secondary N) is 1. The van der Waals surface area contributed by atoms with Crippen LogP contribution in [-0.4, -0.2) is 37.9 Å². The molecule has 100 valence electrons. The fourth-order valence-corrected chi connectivity index (χ4v) is 3.07. The van der Waals surface area contributed by atoms with Crippen molar-refractivity contribution in [2.45, 2.75) is 11.7 Å². The summed E-state index contributed by atoms with van der Waals surface area (Å²) in [7, 11) is 1.95. The van der Waals surface area contributed by atoms with Crippen LogP contribution in [0.5, 0.6) is 11.5 Å². The molecule has 0 aliphatic carbocycles. The lowest BCUT2D eigenvalue weighted by Gasteiger charge is -2.16. The lowest BCUT2D eigenvalue weighted by Crippen LogP contribution is -2.15. The number of rotatable bonds is 7. The van der Waals surface area contributed by atoms with E-state index in [0.717, 1.165) is 30.2 Å². The molecular weight excluding hydrogens is 250 g/mol. The molecule has 1 aromatic carbocycles. The third-order valence-electron chi connectivity index (χ3n) is 2.78. The summed E-state index contributed by atoms with van der Waals surface area (Å²) in [6.45, 7) is 1.46. The number of likely N-dealkylation sites (N-methyl/N-ethyl adjacent to an activating group) is 1. The van der Waals surface area contributed by atoms with Gasteiger partial charge in [0.05, 0.1) is 0 Å². The summed E-state index contributed by atoms with van der Waals surface area (Å²) in [5.74, 6) is 2.61. The number of fused-ring (bicyclic) bond motifs is 1. The number of aliphatic hydroxyl groups excluding tert-OH is 1. The van der Waals surface area contributed by atoms with Crippen LogP contribution in [0.15, 0.2) is 18.2 Å². The van der Waals surface area contributed by atoms with Crippen molar-refractivity contribution in [3.8, 4) is 11.5 Å². The molecule has 1 atom stereocenters. The molecule has 0 saturated carbocycles. The van der Waals surface area contributed by atoms with Crippen molar-refractivity contribution in [3.05, 3.63) is 23.8 Å². The summed E-state index contributed by atoms with van der Waals surface area (Å²) in [6, 6.07) is 6.10. The Hall–Kier alpha value is -0.910. The van der Waals surface area contributed by atoms with E-state index >= 15 is 0 Å². The summed E-state index contributed by atoms with van der Waals surface area (Å²) in [4.78, 5) is 0. The molecule has 5 heteroatoms. The van der Waals surface area contributed by atoms with Gasteiger partial charge in [0.15, 0.2) is 11.5 Å². The average molecular weight is 269 g/mol. The van der Waals surface area contributed by atoms with Gasteiger partial charge in [-0.1, -0.05) is 6.07 Å². The number of hydrogen-bond donors (Lipinski definition) is 2. The van der Waals surface area contributed by atoms with Gasteiger partial charge in [-0.15, -0.1) is 0 Å². The summed E-state index contributed by atoms with van der Waals surface area (Å²) in [5.41, 5.74) is 1.23. The van der Waals surface area contributed by atoms with Gasteiger partial charge in [-0.25, -0.2) is 0 Å². The molecule has 0 bridgehead atoms. The van der Waals surface area contributed by atoms with Crippen molar-refractivity contribution < 1.29 is 14.6 Å². The monoisotopic (exact) mass is 269 g/mol. The van der Waals surface area contributed by atoms with Gasteiger partial charge in [0.25, 0.3) is 0 Å². The van der Waals surface area contributed by atoms with E-state index in [4.69, 9.17) is 14.6 Å². The summed E-state index contributed by atoms with van der Waals surface area (Å²) < 4.78 is 10.7. The van der Waals surface area contributed by atoms with Crippen LogP contribution in [0.4, 0.5) is 0 Å². The summed E-state index contributed by atoms with van der Waals surface area (Å²) >= 11 is 1.85. The highest BCUT2D eigenvalue weighted by Gasteiger charge is 2.17. The minimum Gasteiger partial charge on any atom is -0.454 e. The highest BCUT2D eigenvalue weighted by molar-refractivity contribution is 7.99. The first-order valence-electron chi connectivity index (χ1n) is 6.11. The molecule has 0 aromatic heterocycles. The van der Waals surface area contributed by atoms with E-state index in [2.05, 4.69) is 17.4 Å². The SMILES string of the molecule is CNCC(SCCCO)c1ccc2c(c1)OCO2. The van der Waals surface area contributed by atoms with Crippen LogP contribution in [0.2, 0.25) is 0 Å². The van der Waals surface area contributed by atoms with Crippen molar-refractivity contribution in [1.29, 1.82) is 0 Å². The quantitative estimate of drug-likeness (QED) is 0.739. The lowest BCUT2D eigenvalue weighted by molar-refractivity contribution is 0.174. The molecule has 1 aliphatic heterocycles. The largest absolute Gasteiger partial charge is 0.454 e. The molecule has 4 nitrogen and oxygen atoms in total. The summed E-state index contributed by atoms with van der Waals surface area (Å²) in [5, 5.41) is 12.4. The first-order chi connectivity index (χ1) is 8.85. The Balaban J connectivity index is 2.04. The molecule has 0 spiro atoms. The van der Waals surface area contributed by atoms with Gasteiger partial charge in [0.2, 0.25) is 6.79 Å². The van der Waals surface area contributed by atoms with E-state index in [-0.39, 0.29) is 6.61 Å². The highest BCUT2D eigenvalue weighted by Crippen LogP contribution is 2.37. The Labute approximate surface area is 112 Å². The minimum absolute atomic E-state index is 0.250. The maximum Gasteiger partial charge on any atom is 0.231 e. The third-order valence-corrected chi connectivity index (χ3v) is 4.14. The van der Waals surface area contributed by atoms with Gasteiger partial charge < -0.3 is 19.9 Å². The van der Waals surface area contributed by atoms with Crippen molar-refractivity contribution >= 4 is 11.8 Å². The van der Waals surface area contributed by atoms with E-state index in [1.807, 2.05) is 24.9 Å². The second kappa shape index (κ2) is 6.87. The van der Waals surface area contributed by atoms with E-state index in [1.165, 1.54) is 5.56 Å². The fourth-order valence-electron chi connectivity index (χ4n) is 1.86. The zero-order valence-corrected chi connectivity index (χ0v) is 11.3. The van der Waals surface area contributed by atoms with Crippen molar-refractivity contribution in [2.75, 3.05) is 32.7 Å². The zero-order chi connectivity index (χ0) is 12.8. The normalized spacial score (nSPS) is 14.8. The molecule has 1 aliphatic rings. The van der Waals surface area contributed by atoms with Crippen molar-refractivity contribution in [3.63, 3.8) is 0 Å². The molecule has 1 heterocycles. The van der Waals surface area contributed by atoms with Crippen LogP contribution in [-0.2, 0) is 0 Å². The van der Waals surface area contributed by atoms with Crippen LogP contribution in [0.1, 0.15) is 17.2 Å². The second-order valence-corrected chi connectivity index (χ2v) is 5.42. The maximum atomic E-state index is 8.84. The van der Waals surface area contributed by atoms with Crippen LogP contribution in [0.25, 0.3) is 0 Å². The topological polar surface area (TPSA) is 50.7 Å². The van der Waals surface area contributed by atoms with Gasteiger partial charge in [0.1, 0.15) is 0 Å². The second-order valence-electron chi connectivity index (χ2n) is 4.11. The Morgan fingerprint density at radius 3 is 3.00 bits per heavy atom. The minimum atomic E-state index is 0.250. The average Bonchev–Trinajstić information content (AvgIpc) is 2.85. The summed E-state index contributed by atoms with van der Waals surface area (Å²) in [6.07, 6.45) is 0.829. The predicted octanol–water partition coefficient (Wildman–Crippen LogP) is 1.79. The van der Waals surface area contributed by atoms with Crippen molar-refractivity contribution in [2.24, 2.45) is 0 Å². The first kappa shape index (κ1) is 13.5. The Bertz CT molecular complexity index is 386. The Morgan fingerprint density at radius 1 is 1.39 bits per heavy atom. The molecule has 0 saturated heterocycles. The van der Waals surface area contributed by atoms with Gasteiger partial charge in [-0.05, 0) is 36.9 Å². The highest BCUT2D eigenvalue weighted by atomic mass is 32.2. The lowest BCUT2D eigenvalue weighted by atomic mass is 10.1. The van der Waals surface area contributed by atoms with Crippen LogP contribution in [0, 0.1) is 0 Å². The molecule has 1 unspecified atom stereocenters. The van der Waals surface area contributed by atoms with Gasteiger partial charge in [-0.2, -0.15) is 11.8 Å². The number of aliphatic hydroxyl groups is 1. The molecule has 2 N–H and O–H groups in total. The van der Waals surface area contributed by atoms with E-state index < -0.39 is 0 Å². The molecule has 0 amide bonds. The first-order valence-corrected chi connectivity index (χ1v) is 7.16. The maximum absolute atomic E-state index is 8.84.